The summed E-state index contributed by atoms with van der Waals surface area (Å²) >= 11 is 2.60. The number of benzene rings is 1. The summed E-state index contributed by atoms with van der Waals surface area (Å²) in [4.78, 5) is 26.3. The zero-order valence-corrected chi connectivity index (χ0v) is 19.4. The maximum Gasteiger partial charge on any atom is 0.341 e. The van der Waals surface area contributed by atoms with E-state index < -0.39 is 0 Å². The van der Waals surface area contributed by atoms with Crippen molar-refractivity contribution in [2.45, 2.75) is 37.8 Å². The Bertz CT molecular complexity index is 1120. The van der Waals surface area contributed by atoms with Gasteiger partial charge in [0, 0.05) is 4.88 Å². The molecule has 0 unspecified atom stereocenters. The van der Waals surface area contributed by atoms with Gasteiger partial charge in [-0.3, -0.25) is 4.79 Å². The number of hydrogen-bond donors (Lipinski definition) is 1. The van der Waals surface area contributed by atoms with Gasteiger partial charge in [-0.15, -0.1) is 21.5 Å². The minimum Gasteiger partial charge on any atom is -0.496 e. The molecule has 0 spiro atoms. The lowest BCUT2D eigenvalue weighted by Gasteiger charge is -2.12. The Morgan fingerprint density at radius 1 is 1.22 bits per heavy atom. The number of aromatic nitrogens is 2. The molecule has 8 nitrogen and oxygen atoms in total. The molecule has 4 rings (SSSR count). The maximum atomic E-state index is 12.6. The summed E-state index contributed by atoms with van der Waals surface area (Å²) in [5, 5.41) is 11.8. The molecule has 1 amide bonds. The molecule has 0 saturated heterocycles. The van der Waals surface area contributed by atoms with Gasteiger partial charge in [0.2, 0.25) is 5.91 Å². The summed E-state index contributed by atoms with van der Waals surface area (Å²) < 4.78 is 16.2. The van der Waals surface area contributed by atoms with Gasteiger partial charge >= 0.3 is 5.97 Å². The highest BCUT2D eigenvalue weighted by Gasteiger charge is 2.27. The lowest BCUT2D eigenvalue weighted by atomic mass is 9.95. The van der Waals surface area contributed by atoms with Crippen molar-refractivity contribution in [1.82, 2.24) is 10.2 Å². The molecular weight excluding hydrogens is 450 g/mol. The van der Waals surface area contributed by atoms with Gasteiger partial charge in [-0.25, -0.2) is 4.79 Å². The van der Waals surface area contributed by atoms with Gasteiger partial charge in [0.05, 0.1) is 30.6 Å². The van der Waals surface area contributed by atoms with E-state index in [1.807, 2.05) is 24.3 Å². The second-order valence-corrected chi connectivity index (χ2v) is 9.08. The normalized spacial score (nSPS) is 12.8. The predicted molar refractivity (Wildman–Crippen MR) is 123 cm³/mol. The van der Waals surface area contributed by atoms with E-state index in [-0.39, 0.29) is 22.9 Å². The number of amides is 1. The van der Waals surface area contributed by atoms with Crippen molar-refractivity contribution in [2.24, 2.45) is 0 Å². The molecule has 10 heteroatoms. The van der Waals surface area contributed by atoms with Gasteiger partial charge in [0.25, 0.3) is 11.1 Å². The first-order valence-corrected chi connectivity index (χ1v) is 12.1. The van der Waals surface area contributed by atoms with Gasteiger partial charge < -0.3 is 19.2 Å². The number of rotatable bonds is 8. The van der Waals surface area contributed by atoms with Gasteiger partial charge in [-0.2, -0.15) is 0 Å². The lowest BCUT2D eigenvalue weighted by molar-refractivity contribution is -0.113. The van der Waals surface area contributed by atoms with Crippen LogP contribution >= 0.6 is 23.1 Å². The highest BCUT2D eigenvalue weighted by molar-refractivity contribution is 7.99. The van der Waals surface area contributed by atoms with E-state index in [4.69, 9.17) is 13.9 Å². The third kappa shape index (κ3) is 4.81. The fraction of sp³-hybridized carbons (Fsp3) is 0.364. The van der Waals surface area contributed by atoms with Gasteiger partial charge in [0.15, 0.2) is 0 Å². The van der Waals surface area contributed by atoms with E-state index in [0.717, 1.165) is 47.9 Å². The number of hydrogen-bond acceptors (Lipinski definition) is 9. The van der Waals surface area contributed by atoms with E-state index in [1.165, 1.54) is 11.3 Å². The van der Waals surface area contributed by atoms with Gasteiger partial charge in [0.1, 0.15) is 10.8 Å². The molecule has 3 aromatic rings. The first kappa shape index (κ1) is 22.3. The first-order chi connectivity index (χ1) is 15.6. The van der Waals surface area contributed by atoms with E-state index in [2.05, 4.69) is 15.5 Å². The third-order valence-electron chi connectivity index (χ3n) is 4.97. The Kier molecular flexibility index (Phi) is 7.11. The molecule has 32 heavy (non-hydrogen) atoms. The van der Waals surface area contributed by atoms with Crippen molar-refractivity contribution < 1.29 is 23.5 Å². The third-order valence-corrected chi connectivity index (χ3v) is 7.00. The molecule has 0 fully saturated rings. The molecule has 1 N–H and O–H groups in total. The van der Waals surface area contributed by atoms with Crippen LogP contribution in [0.25, 0.3) is 11.5 Å². The average Bonchev–Trinajstić information content (AvgIpc) is 3.42. The number of aryl methyl sites for hydroxylation is 1. The molecule has 168 valence electrons. The Balaban J connectivity index is 1.43. The largest absolute Gasteiger partial charge is 0.496 e. The van der Waals surface area contributed by atoms with Crippen LogP contribution in [0.5, 0.6) is 5.75 Å². The van der Waals surface area contributed by atoms with Gasteiger partial charge in [-0.1, -0.05) is 23.9 Å². The van der Waals surface area contributed by atoms with Crippen LogP contribution in [0.3, 0.4) is 0 Å². The molecule has 0 saturated carbocycles. The fourth-order valence-electron chi connectivity index (χ4n) is 3.56. The maximum absolute atomic E-state index is 12.6. The molecule has 1 aromatic carbocycles. The van der Waals surface area contributed by atoms with Crippen LogP contribution in [-0.4, -0.2) is 41.5 Å². The Labute approximate surface area is 193 Å². The number of esters is 1. The van der Waals surface area contributed by atoms with Crippen molar-refractivity contribution in [2.75, 3.05) is 24.8 Å². The predicted octanol–water partition coefficient (Wildman–Crippen LogP) is 4.59. The fourth-order valence-corrected chi connectivity index (χ4v) is 5.42. The minimum atomic E-state index is -0.381. The summed E-state index contributed by atoms with van der Waals surface area (Å²) in [6.45, 7) is 2.06. The number of thioether (sulfide) groups is 1. The highest BCUT2D eigenvalue weighted by Crippen LogP contribution is 2.39. The summed E-state index contributed by atoms with van der Waals surface area (Å²) in [5.41, 5.74) is 2.20. The molecule has 1 aliphatic carbocycles. The summed E-state index contributed by atoms with van der Waals surface area (Å²) in [7, 11) is 1.57. The highest BCUT2D eigenvalue weighted by atomic mass is 32.2. The van der Waals surface area contributed by atoms with E-state index >= 15 is 0 Å². The monoisotopic (exact) mass is 473 g/mol. The number of carbonyl (C=O) groups is 2. The van der Waals surface area contributed by atoms with Crippen molar-refractivity contribution in [3.63, 3.8) is 0 Å². The molecule has 0 aliphatic heterocycles. The number of thiophene rings is 1. The topological polar surface area (TPSA) is 104 Å². The van der Waals surface area contributed by atoms with Crippen molar-refractivity contribution in [3.05, 3.63) is 40.3 Å². The SMILES string of the molecule is CCOC(=O)c1c(NC(=O)CSc2nnc(-c3ccccc3OC)o2)sc2c1CCCC2. The van der Waals surface area contributed by atoms with Crippen molar-refractivity contribution >= 4 is 40.0 Å². The number of ether oxygens (including phenoxy) is 2. The quantitative estimate of drug-likeness (QED) is 0.374. The van der Waals surface area contributed by atoms with Crippen LogP contribution in [0, 0.1) is 0 Å². The van der Waals surface area contributed by atoms with Crippen molar-refractivity contribution in [1.29, 1.82) is 0 Å². The molecule has 1 aliphatic rings. The van der Waals surface area contributed by atoms with Crippen LogP contribution in [0.1, 0.15) is 40.6 Å². The zero-order valence-electron chi connectivity index (χ0n) is 17.8. The molecule has 0 radical (unpaired) electrons. The van der Waals surface area contributed by atoms with Gasteiger partial charge in [-0.05, 0) is 50.3 Å². The number of carbonyl (C=O) groups excluding carboxylic acids is 2. The Morgan fingerprint density at radius 3 is 2.84 bits per heavy atom. The first-order valence-electron chi connectivity index (χ1n) is 10.3. The number of anilines is 1. The Morgan fingerprint density at radius 2 is 2.03 bits per heavy atom. The van der Waals surface area contributed by atoms with Crippen LogP contribution in [0.15, 0.2) is 33.9 Å². The van der Waals surface area contributed by atoms with Crippen LogP contribution in [0.2, 0.25) is 0 Å². The van der Waals surface area contributed by atoms with Crippen LogP contribution in [0.4, 0.5) is 5.00 Å². The van der Waals surface area contributed by atoms with E-state index in [9.17, 15) is 9.59 Å². The standard InChI is InChI=1S/C22H23N3O5S2/c1-3-29-21(27)18-14-9-5-7-11-16(14)32-20(18)23-17(26)12-31-22-25-24-19(30-22)13-8-4-6-10-15(13)28-2/h4,6,8,10H,3,5,7,9,11-12H2,1-2H3,(H,23,26). The zero-order chi connectivity index (χ0) is 22.5. The summed E-state index contributed by atoms with van der Waals surface area (Å²) in [6, 6.07) is 7.33. The van der Waals surface area contributed by atoms with Crippen molar-refractivity contribution in [3.8, 4) is 17.2 Å². The summed E-state index contributed by atoms with van der Waals surface area (Å²) in [5.74, 6) is 0.377. The minimum absolute atomic E-state index is 0.0678. The number of methoxy groups -OCH3 is 1. The van der Waals surface area contributed by atoms with Crippen LogP contribution in [-0.2, 0) is 22.4 Å². The lowest BCUT2D eigenvalue weighted by Crippen LogP contribution is -2.17. The summed E-state index contributed by atoms with van der Waals surface area (Å²) in [6.07, 6.45) is 3.87. The molecular formula is C22H23N3O5S2. The second kappa shape index (κ2) is 10.2. The number of para-hydroxylation sites is 1. The van der Waals surface area contributed by atoms with Crippen LogP contribution < -0.4 is 10.1 Å². The molecule has 0 atom stereocenters. The molecule has 0 bridgehead atoms. The van der Waals surface area contributed by atoms with E-state index in [1.54, 1.807) is 14.0 Å². The number of nitrogens with one attached hydrogen (secondary N) is 1. The average molecular weight is 474 g/mol. The smallest absolute Gasteiger partial charge is 0.341 e. The molecule has 2 aromatic heterocycles. The Hall–Kier alpha value is -2.85. The second-order valence-electron chi connectivity index (χ2n) is 7.05. The number of nitrogens with zero attached hydrogens (tertiary/aromatic N) is 2. The van der Waals surface area contributed by atoms with E-state index in [0.29, 0.717) is 34.4 Å². The molecule has 2 heterocycles. The number of fused-ring (bicyclic) bond motifs is 1.